The summed E-state index contributed by atoms with van der Waals surface area (Å²) in [6.07, 6.45) is 0. The molecule has 5 nitrogen and oxygen atoms in total. The van der Waals surface area contributed by atoms with Crippen LogP contribution in [0.4, 0.5) is 5.82 Å². The molecule has 0 unspecified atom stereocenters. The van der Waals surface area contributed by atoms with E-state index in [4.69, 9.17) is 22.1 Å². The lowest BCUT2D eigenvalue weighted by Gasteiger charge is -2.03. The Morgan fingerprint density at radius 3 is 2.75 bits per heavy atom. The molecule has 104 valence electrons. The number of nitrogens with one attached hydrogen (secondary N) is 1. The fraction of sp³-hybridized carbons (Fsp3) is 0.214. The Bertz CT molecular complexity index is 784. The number of nitrogen functional groups attached to an aromatic ring is 1. The Labute approximate surface area is 121 Å². The third-order valence-corrected chi connectivity index (χ3v) is 3.76. The summed E-state index contributed by atoms with van der Waals surface area (Å²) in [5.74, 6) is 1.36. The summed E-state index contributed by atoms with van der Waals surface area (Å²) < 4.78 is 7.02. The number of hydrogen-bond acceptors (Lipinski definition) is 3. The number of aromatic nitrogens is 3. The van der Waals surface area contributed by atoms with Gasteiger partial charge in [0.05, 0.1) is 23.3 Å². The molecule has 3 aromatic rings. The minimum absolute atomic E-state index is 0.604. The van der Waals surface area contributed by atoms with E-state index in [9.17, 15) is 0 Å². The first-order valence-corrected chi connectivity index (χ1v) is 6.55. The molecule has 0 aliphatic heterocycles. The Hall–Kier alpha value is -2.14. The second-order valence-corrected chi connectivity index (χ2v) is 5.11. The molecule has 0 aliphatic carbocycles. The molecule has 0 spiro atoms. The van der Waals surface area contributed by atoms with E-state index in [0.29, 0.717) is 10.8 Å². The van der Waals surface area contributed by atoms with Gasteiger partial charge in [0, 0.05) is 29.8 Å². The third-order valence-electron chi connectivity index (χ3n) is 3.45. The van der Waals surface area contributed by atoms with Crippen LogP contribution in [-0.2, 0) is 7.05 Å². The molecule has 0 aliphatic rings. The molecule has 2 aromatic heterocycles. The third kappa shape index (κ3) is 1.74. The summed E-state index contributed by atoms with van der Waals surface area (Å²) in [7, 11) is 3.45. The highest BCUT2D eigenvalue weighted by atomic mass is 35.5. The number of hydrogen-bond donors (Lipinski definition) is 2. The molecule has 0 radical (unpaired) electrons. The van der Waals surface area contributed by atoms with Crippen molar-refractivity contribution < 1.29 is 4.74 Å². The van der Waals surface area contributed by atoms with Crippen LogP contribution in [-0.4, -0.2) is 21.9 Å². The van der Waals surface area contributed by atoms with Crippen molar-refractivity contribution in [3.63, 3.8) is 0 Å². The summed E-state index contributed by atoms with van der Waals surface area (Å²) in [6, 6.07) is 5.51. The predicted octanol–water partition coefficient (Wildman–Crippen LogP) is 3.12. The quantitative estimate of drug-likeness (QED) is 0.762. The lowest BCUT2D eigenvalue weighted by molar-refractivity contribution is 0.419. The molecular formula is C14H15ClN4O. The van der Waals surface area contributed by atoms with E-state index in [2.05, 4.69) is 10.1 Å². The maximum atomic E-state index is 6.36. The largest absolute Gasteiger partial charge is 0.495 e. The van der Waals surface area contributed by atoms with Crippen molar-refractivity contribution in [1.82, 2.24) is 14.8 Å². The van der Waals surface area contributed by atoms with Crippen molar-refractivity contribution in [1.29, 1.82) is 0 Å². The minimum Gasteiger partial charge on any atom is -0.495 e. The fourth-order valence-electron chi connectivity index (χ4n) is 2.46. The zero-order valence-corrected chi connectivity index (χ0v) is 12.2. The standard InChI is InChI=1S/C14H15ClN4O/c1-7-12(9-6-11(16)19(2)18-9)13-8(15)4-5-10(20-3)14(13)17-7/h4-6,17H,16H2,1-3H3. The summed E-state index contributed by atoms with van der Waals surface area (Å²) in [5.41, 5.74) is 9.47. The molecule has 0 amide bonds. The highest BCUT2D eigenvalue weighted by Crippen LogP contribution is 2.40. The molecule has 20 heavy (non-hydrogen) atoms. The zero-order valence-electron chi connectivity index (χ0n) is 11.5. The number of nitrogens with two attached hydrogens (primary N) is 1. The number of aryl methyl sites for hydroxylation is 2. The van der Waals surface area contributed by atoms with Crippen molar-refractivity contribution >= 4 is 28.3 Å². The number of halogens is 1. The van der Waals surface area contributed by atoms with Gasteiger partial charge in [-0.25, -0.2) is 0 Å². The van der Waals surface area contributed by atoms with Crippen molar-refractivity contribution in [2.75, 3.05) is 12.8 Å². The first-order valence-electron chi connectivity index (χ1n) is 6.17. The van der Waals surface area contributed by atoms with Crippen LogP contribution in [0.25, 0.3) is 22.2 Å². The number of nitrogens with zero attached hydrogens (tertiary/aromatic N) is 2. The fourth-order valence-corrected chi connectivity index (χ4v) is 2.71. The van der Waals surface area contributed by atoms with E-state index >= 15 is 0 Å². The van der Waals surface area contributed by atoms with Gasteiger partial charge < -0.3 is 15.5 Å². The molecular weight excluding hydrogens is 276 g/mol. The van der Waals surface area contributed by atoms with Gasteiger partial charge in [0.15, 0.2) is 0 Å². The van der Waals surface area contributed by atoms with Crippen molar-refractivity contribution in [3.05, 3.63) is 28.9 Å². The van der Waals surface area contributed by atoms with Crippen molar-refractivity contribution in [3.8, 4) is 17.0 Å². The smallest absolute Gasteiger partial charge is 0.143 e. The van der Waals surface area contributed by atoms with Crippen LogP contribution in [0.5, 0.6) is 5.75 Å². The van der Waals surface area contributed by atoms with Crippen molar-refractivity contribution in [2.24, 2.45) is 7.05 Å². The van der Waals surface area contributed by atoms with Gasteiger partial charge in [0.2, 0.25) is 0 Å². The van der Waals surface area contributed by atoms with Gasteiger partial charge in [0.25, 0.3) is 0 Å². The molecule has 0 atom stereocenters. The van der Waals surface area contributed by atoms with Gasteiger partial charge in [-0.3, -0.25) is 4.68 Å². The highest BCUT2D eigenvalue weighted by Gasteiger charge is 2.19. The monoisotopic (exact) mass is 290 g/mol. The van der Waals surface area contributed by atoms with E-state index in [0.717, 1.165) is 33.6 Å². The average Bonchev–Trinajstić information content (AvgIpc) is 2.91. The number of methoxy groups -OCH3 is 1. The first kappa shape index (κ1) is 12.9. The van der Waals surface area contributed by atoms with E-state index in [-0.39, 0.29) is 0 Å². The summed E-state index contributed by atoms with van der Waals surface area (Å²) in [6.45, 7) is 1.98. The maximum absolute atomic E-state index is 6.36. The Kier molecular flexibility index (Phi) is 2.87. The van der Waals surface area contributed by atoms with Gasteiger partial charge in [-0.15, -0.1) is 0 Å². The van der Waals surface area contributed by atoms with Gasteiger partial charge in [-0.2, -0.15) is 5.10 Å². The SMILES string of the molecule is COc1ccc(Cl)c2c(-c3cc(N)n(C)n3)c(C)[nH]c12. The van der Waals surface area contributed by atoms with E-state index in [1.54, 1.807) is 11.8 Å². The van der Waals surface area contributed by atoms with Crippen LogP contribution in [0.1, 0.15) is 5.69 Å². The number of H-pyrrole nitrogens is 1. The van der Waals surface area contributed by atoms with Gasteiger partial charge in [-0.05, 0) is 19.1 Å². The number of anilines is 1. The Morgan fingerprint density at radius 1 is 1.40 bits per heavy atom. The van der Waals surface area contributed by atoms with Crippen LogP contribution < -0.4 is 10.5 Å². The number of benzene rings is 1. The topological polar surface area (TPSA) is 68.9 Å². The molecule has 6 heteroatoms. The highest BCUT2D eigenvalue weighted by molar-refractivity contribution is 6.37. The number of aromatic amines is 1. The molecule has 3 N–H and O–H groups in total. The van der Waals surface area contributed by atoms with Gasteiger partial charge in [-0.1, -0.05) is 11.6 Å². The van der Waals surface area contributed by atoms with Crippen LogP contribution >= 0.6 is 11.6 Å². The lowest BCUT2D eigenvalue weighted by Crippen LogP contribution is -1.96. The van der Waals surface area contributed by atoms with Crippen LogP contribution in [0.3, 0.4) is 0 Å². The van der Waals surface area contributed by atoms with Gasteiger partial charge in [0.1, 0.15) is 11.6 Å². The summed E-state index contributed by atoms with van der Waals surface area (Å²) in [4.78, 5) is 3.32. The number of fused-ring (bicyclic) bond motifs is 1. The second-order valence-electron chi connectivity index (χ2n) is 4.70. The number of rotatable bonds is 2. The minimum atomic E-state index is 0.604. The average molecular weight is 291 g/mol. The Balaban J connectivity index is 2.38. The molecule has 3 rings (SSSR count). The van der Waals surface area contributed by atoms with Crippen molar-refractivity contribution in [2.45, 2.75) is 6.92 Å². The van der Waals surface area contributed by atoms with Crippen LogP contribution in [0, 0.1) is 6.92 Å². The summed E-state index contributed by atoms with van der Waals surface area (Å²) >= 11 is 6.36. The zero-order chi connectivity index (χ0) is 14.4. The molecule has 2 heterocycles. The van der Waals surface area contributed by atoms with E-state index < -0.39 is 0 Å². The molecule has 0 bridgehead atoms. The normalized spacial score (nSPS) is 11.2. The van der Waals surface area contributed by atoms with E-state index in [1.165, 1.54) is 0 Å². The summed E-state index contributed by atoms with van der Waals surface area (Å²) in [5, 5.41) is 5.99. The van der Waals surface area contributed by atoms with Gasteiger partial charge >= 0.3 is 0 Å². The van der Waals surface area contributed by atoms with Crippen LogP contribution in [0.15, 0.2) is 18.2 Å². The predicted molar refractivity (Wildman–Crippen MR) is 81.2 cm³/mol. The van der Waals surface area contributed by atoms with E-state index in [1.807, 2.05) is 32.2 Å². The molecule has 0 fully saturated rings. The van der Waals surface area contributed by atoms with Crippen LogP contribution in [0.2, 0.25) is 5.02 Å². The maximum Gasteiger partial charge on any atom is 0.143 e. The first-order chi connectivity index (χ1) is 9.52. The number of ether oxygens (including phenoxy) is 1. The second kappa shape index (κ2) is 4.45. The molecule has 0 saturated carbocycles. The Morgan fingerprint density at radius 2 is 2.15 bits per heavy atom. The molecule has 1 aromatic carbocycles. The lowest BCUT2D eigenvalue weighted by atomic mass is 10.1. The molecule has 0 saturated heterocycles.